The van der Waals surface area contributed by atoms with Crippen LogP contribution in [-0.4, -0.2) is 34.0 Å². The molecule has 0 aliphatic rings. The van der Waals surface area contributed by atoms with E-state index in [4.69, 9.17) is 4.74 Å². The molecule has 1 aromatic rings. The van der Waals surface area contributed by atoms with E-state index >= 15 is 0 Å². The molecular formula is C19H32N2O4. The molecule has 1 aromatic carbocycles. The smallest absolute Gasteiger partial charge is 0.408 e. The number of rotatable bonds is 7. The quantitative estimate of drug-likeness (QED) is 0.599. The number of alkyl carbamates (subject to hydrolysis) is 1. The van der Waals surface area contributed by atoms with Crippen LogP contribution in [0.25, 0.3) is 0 Å². The zero-order chi connectivity index (χ0) is 19.3. The molecule has 6 nitrogen and oxygen atoms in total. The zero-order valence-corrected chi connectivity index (χ0v) is 16.1. The van der Waals surface area contributed by atoms with E-state index in [1.54, 1.807) is 12.1 Å². The van der Waals surface area contributed by atoms with Gasteiger partial charge in [-0.1, -0.05) is 13.8 Å². The lowest BCUT2D eigenvalue weighted by Crippen LogP contribution is -2.55. The van der Waals surface area contributed by atoms with Crippen molar-refractivity contribution in [1.82, 2.24) is 10.6 Å². The molecule has 0 radical (unpaired) electrons. The first-order valence-electron chi connectivity index (χ1n) is 8.77. The molecule has 0 bridgehead atoms. The second-order valence-electron chi connectivity index (χ2n) is 7.50. The van der Waals surface area contributed by atoms with Gasteiger partial charge in [-0.3, -0.25) is 0 Å². The third-order valence-electron chi connectivity index (χ3n) is 4.29. The number of amides is 1. The average Bonchev–Trinajstić information content (AvgIpc) is 2.48. The molecule has 0 aliphatic heterocycles. The molecule has 0 fully saturated rings. The topological polar surface area (TPSA) is 90.8 Å². The van der Waals surface area contributed by atoms with Gasteiger partial charge in [0.2, 0.25) is 0 Å². The van der Waals surface area contributed by atoms with Gasteiger partial charge in [0.1, 0.15) is 17.1 Å². The number of hydrogen-bond donors (Lipinski definition) is 4. The monoisotopic (exact) mass is 352 g/mol. The zero-order valence-electron chi connectivity index (χ0n) is 16.1. The number of phenols is 2. The van der Waals surface area contributed by atoms with Crippen LogP contribution >= 0.6 is 0 Å². The van der Waals surface area contributed by atoms with Crippen molar-refractivity contribution in [2.24, 2.45) is 0 Å². The maximum atomic E-state index is 12.2. The van der Waals surface area contributed by atoms with Crippen LogP contribution in [0.15, 0.2) is 18.2 Å². The van der Waals surface area contributed by atoms with Gasteiger partial charge in [0, 0.05) is 18.7 Å². The van der Waals surface area contributed by atoms with Crippen molar-refractivity contribution in [1.29, 1.82) is 0 Å². The van der Waals surface area contributed by atoms with Crippen LogP contribution in [0, 0.1) is 0 Å². The first-order valence-corrected chi connectivity index (χ1v) is 8.77. The van der Waals surface area contributed by atoms with Crippen LogP contribution in [0.3, 0.4) is 0 Å². The molecule has 1 atom stereocenters. The van der Waals surface area contributed by atoms with Crippen LogP contribution < -0.4 is 10.6 Å². The van der Waals surface area contributed by atoms with Crippen molar-refractivity contribution in [3.05, 3.63) is 23.8 Å². The Bertz CT molecular complexity index is 557. The minimum atomic E-state index is -0.545. The molecule has 25 heavy (non-hydrogen) atoms. The van der Waals surface area contributed by atoms with Crippen molar-refractivity contribution in [3.8, 4) is 11.5 Å². The van der Waals surface area contributed by atoms with Crippen molar-refractivity contribution >= 4 is 6.09 Å². The number of carbonyl (C=O) groups is 1. The molecule has 1 amide bonds. The molecule has 0 aliphatic carbocycles. The minimum Gasteiger partial charge on any atom is -0.508 e. The van der Waals surface area contributed by atoms with Crippen LogP contribution in [0.5, 0.6) is 11.5 Å². The largest absolute Gasteiger partial charge is 0.508 e. The lowest BCUT2D eigenvalue weighted by Gasteiger charge is -2.35. The summed E-state index contributed by atoms with van der Waals surface area (Å²) in [4.78, 5) is 12.2. The summed E-state index contributed by atoms with van der Waals surface area (Å²) in [5, 5.41) is 25.6. The Morgan fingerprint density at radius 2 is 1.64 bits per heavy atom. The second-order valence-corrected chi connectivity index (χ2v) is 7.50. The van der Waals surface area contributed by atoms with Gasteiger partial charge in [-0.15, -0.1) is 0 Å². The molecule has 4 N–H and O–H groups in total. The average molecular weight is 352 g/mol. The summed E-state index contributed by atoms with van der Waals surface area (Å²) in [6.07, 6.45) is 1.06. The van der Waals surface area contributed by atoms with Gasteiger partial charge >= 0.3 is 6.09 Å². The number of carbonyl (C=O) groups excluding carboxylic acids is 1. The highest BCUT2D eigenvalue weighted by atomic mass is 16.6. The van der Waals surface area contributed by atoms with Crippen molar-refractivity contribution < 1.29 is 19.7 Å². The number of hydrogen-bond acceptors (Lipinski definition) is 5. The summed E-state index contributed by atoms with van der Waals surface area (Å²) in [7, 11) is 0. The fourth-order valence-electron chi connectivity index (χ4n) is 2.58. The minimum absolute atomic E-state index is 0.0211. The molecule has 0 saturated carbocycles. The predicted molar refractivity (Wildman–Crippen MR) is 98.9 cm³/mol. The van der Waals surface area contributed by atoms with Gasteiger partial charge in [0.25, 0.3) is 0 Å². The normalized spacial score (nSPS) is 13.4. The number of phenolic OH excluding ortho intramolecular Hbond substituents is 2. The predicted octanol–water partition coefficient (Wildman–Crippen LogP) is 3.83. The van der Waals surface area contributed by atoms with Gasteiger partial charge < -0.3 is 25.6 Å². The maximum absolute atomic E-state index is 12.2. The van der Waals surface area contributed by atoms with Crippen LogP contribution in [-0.2, 0) is 4.74 Å². The van der Waals surface area contributed by atoms with Crippen LogP contribution in [0.2, 0.25) is 0 Å². The van der Waals surface area contributed by atoms with E-state index in [2.05, 4.69) is 10.6 Å². The van der Waals surface area contributed by atoms with E-state index in [9.17, 15) is 15.0 Å². The van der Waals surface area contributed by atoms with Crippen molar-refractivity contribution in [3.63, 3.8) is 0 Å². The summed E-state index contributed by atoms with van der Waals surface area (Å²) in [5.74, 6) is 0.0422. The Labute approximate surface area is 150 Å². The van der Waals surface area contributed by atoms with Crippen molar-refractivity contribution in [2.45, 2.75) is 71.6 Å². The number of benzene rings is 1. The molecule has 0 heterocycles. The summed E-state index contributed by atoms with van der Waals surface area (Å²) in [6.45, 7) is 12.0. The number of aromatic hydroxyl groups is 2. The first kappa shape index (κ1) is 21.1. The lowest BCUT2D eigenvalue weighted by atomic mass is 9.92. The first-order chi connectivity index (χ1) is 11.5. The Morgan fingerprint density at radius 3 is 2.08 bits per heavy atom. The van der Waals surface area contributed by atoms with Gasteiger partial charge in [-0.05, 0) is 58.2 Å². The van der Waals surface area contributed by atoms with E-state index in [1.807, 2.05) is 41.5 Å². The van der Waals surface area contributed by atoms with Gasteiger partial charge in [0.15, 0.2) is 0 Å². The molecule has 1 rings (SSSR count). The summed E-state index contributed by atoms with van der Waals surface area (Å²) in [5.41, 5.74) is -0.206. The van der Waals surface area contributed by atoms with Crippen LogP contribution in [0.4, 0.5) is 4.79 Å². The fraction of sp³-hybridized carbons (Fsp3) is 0.632. The summed E-state index contributed by atoms with van der Waals surface area (Å²) >= 11 is 0. The summed E-state index contributed by atoms with van der Waals surface area (Å²) < 4.78 is 5.38. The highest BCUT2D eigenvalue weighted by molar-refractivity contribution is 5.68. The lowest BCUT2D eigenvalue weighted by molar-refractivity contribution is 0.0444. The molecule has 0 spiro atoms. The fourth-order valence-corrected chi connectivity index (χ4v) is 2.58. The third-order valence-corrected chi connectivity index (χ3v) is 4.29. The molecular weight excluding hydrogens is 320 g/mol. The van der Waals surface area contributed by atoms with E-state index in [0.29, 0.717) is 6.54 Å². The molecule has 6 heteroatoms. The highest BCUT2D eigenvalue weighted by Gasteiger charge is 2.30. The van der Waals surface area contributed by atoms with Gasteiger partial charge in [-0.25, -0.2) is 4.79 Å². The Hall–Kier alpha value is -1.95. The summed E-state index contributed by atoms with van der Waals surface area (Å²) in [6, 6.07) is 4.41. The number of nitrogens with one attached hydrogen (secondary N) is 2. The van der Waals surface area contributed by atoms with E-state index in [0.717, 1.165) is 18.4 Å². The van der Waals surface area contributed by atoms with E-state index < -0.39 is 17.2 Å². The van der Waals surface area contributed by atoms with E-state index in [-0.39, 0.29) is 17.5 Å². The second kappa shape index (κ2) is 8.43. The third kappa shape index (κ3) is 6.82. The highest BCUT2D eigenvalue weighted by Crippen LogP contribution is 2.25. The van der Waals surface area contributed by atoms with Gasteiger partial charge in [-0.2, -0.15) is 0 Å². The van der Waals surface area contributed by atoms with Gasteiger partial charge in [0.05, 0.1) is 5.54 Å². The number of ether oxygens (including phenoxy) is 1. The van der Waals surface area contributed by atoms with Crippen molar-refractivity contribution in [2.75, 3.05) is 6.54 Å². The van der Waals surface area contributed by atoms with E-state index in [1.165, 1.54) is 6.07 Å². The molecule has 0 saturated heterocycles. The SMILES string of the molecule is CCC(CC)(CNC(C)c1cc(O)cc(O)c1)NC(=O)OC(C)(C)C. The Kier molecular flexibility index (Phi) is 7.11. The standard InChI is InChI=1S/C19H32N2O4/c1-7-19(8-2,21-17(24)25-18(4,5)6)12-20-13(3)14-9-15(22)11-16(23)10-14/h9-11,13,20,22-23H,7-8,12H2,1-6H3,(H,21,24). The molecule has 0 aromatic heterocycles. The molecule has 1 unspecified atom stereocenters. The maximum Gasteiger partial charge on any atom is 0.408 e. The Morgan fingerprint density at radius 1 is 1.12 bits per heavy atom. The molecule has 142 valence electrons. The Balaban J connectivity index is 2.78. The van der Waals surface area contributed by atoms with Crippen LogP contribution in [0.1, 0.15) is 66.0 Å².